The number of nitrogens with zero attached hydrogens (tertiary/aromatic N) is 3. The molecule has 0 radical (unpaired) electrons. The minimum atomic E-state index is -4.58. The van der Waals surface area contributed by atoms with Gasteiger partial charge in [-0.25, -0.2) is 4.68 Å². The molecule has 8 nitrogen and oxygen atoms in total. The molecule has 0 saturated heterocycles. The maximum Gasteiger partial charge on any atom is 0.416 e. The minimum absolute atomic E-state index is 0.00623. The number of halogens is 3. The molecule has 30 heavy (non-hydrogen) atoms. The van der Waals surface area contributed by atoms with Gasteiger partial charge < -0.3 is 5.32 Å². The van der Waals surface area contributed by atoms with Crippen molar-refractivity contribution < 1.29 is 22.9 Å². The molecular formula is C19H13F3N4O4. The summed E-state index contributed by atoms with van der Waals surface area (Å²) in [5.74, 6) is -0.957. The van der Waals surface area contributed by atoms with Crippen molar-refractivity contribution in [3.63, 3.8) is 0 Å². The lowest BCUT2D eigenvalue weighted by Crippen LogP contribution is -2.27. The molecule has 1 N–H and O–H groups in total. The number of nitro groups is 1. The number of hydrogen-bond acceptors (Lipinski definition) is 5. The largest absolute Gasteiger partial charge is 0.416 e. The van der Waals surface area contributed by atoms with Crippen molar-refractivity contribution >= 4 is 17.3 Å². The van der Waals surface area contributed by atoms with Crippen molar-refractivity contribution in [2.75, 3.05) is 5.32 Å². The predicted octanol–water partition coefficient (Wildman–Crippen LogP) is 3.72. The monoisotopic (exact) mass is 418 g/mol. The average molecular weight is 418 g/mol. The van der Waals surface area contributed by atoms with Gasteiger partial charge in [0.25, 0.3) is 11.6 Å². The number of non-ortho nitro benzene ring substituents is 1. The third-order valence-corrected chi connectivity index (χ3v) is 4.06. The van der Waals surface area contributed by atoms with Crippen LogP contribution in [0.4, 0.5) is 24.5 Å². The van der Waals surface area contributed by atoms with Crippen LogP contribution in [-0.2, 0) is 6.18 Å². The Kier molecular flexibility index (Phi) is 5.37. The number of carbonyl (C=O) groups is 1. The third kappa shape index (κ3) is 4.35. The maximum absolute atomic E-state index is 13.0. The number of aryl methyl sites for hydroxylation is 1. The van der Waals surface area contributed by atoms with Crippen LogP contribution >= 0.6 is 0 Å². The summed E-state index contributed by atoms with van der Waals surface area (Å²) in [6, 6.07) is 10.4. The van der Waals surface area contributed by atoms with E-state index in [0.717, 1.165) is 28.9 Å². The molecule has 154 valence electrons. The van der Waals surface area contributed by atoms with Crippen LogP contribution in [0.15, 0.2) is 59.4 Å². The smallest absolute Gasteiger partial charge is 0.320 e. The molecule has 1 amide bonds. The Balaban J connectivity index is 2.00. The lowest BCUT2D eigenvalue weighted by Gasteiger charge is -2.13. The molecule has 0 spiro atoms. The summed E-state index contributed by atoms with van der Waals surface area (Å²) in [5.41, 5.74) is -2.24. The zero-order valence-electron chi connectivity index (χ0n) is 15.3. The van der Waals surface area contributed by atoms with Crippen LogP contribution in [0.2, 0.25) is 0 Å². The molecule has 0 bridgehead atoms. The van der Waals surface area contributed by atoms with Crippen LogP contribution in [0, 0.1) is 17.0 Å². The topological polar surface area (TPSA) is 107 Å². The number of benzene rings is 2. The Morgan fingerprint density at radius 3 is 2.50 bits per heavy atom. The van der Waals surface area contributed by atoms with Gasteiger partial charge in [-0.05, 0) is 31.2 Å². The highest BCUT2D eigenvalue weighted by atomic mass is 19.4. The molecule has 0 aliphatic carbocycles. The molecule has 1 aromatic heterocycles. The van der Waals surface area contributed by atoms with Gasteiger partial charge in [-0.3, -0.25) is 19.7 Å². The van der Waals surface area contributed by atoms with E-state index in [1.807, 2.05) is 0 Å². The van der Waals surface area contributed by atoms with Gasteiger partial charge in [0, 0.05) is 29.6 Å². The van der Waals surface area contributed by atoms with E-state index < -0.39 is 33.7 Å². The molecule has 0 aliphatic heterocycles. The van der Waals surface area contributed by atoms with Crippen molar-refractivity contribution in [3.05, 3.63) is 91.9 Å². The number of nitrogens with one attached hydrogen (secondary N) is 1. The van der Waals surface area contributed by atoms with Crippen molar-refractivity contribution in [3.8, 4) is 5.69 Å². The van der Waals surface area contributed by atoms with Crippen molar-refractivity contribution in [1.82, 2.24) is 9.78 Å². The number of alkyl halides is 3. The van der Waals surface area contributed by atoms with E-state index in [9.17, 15) is 32.9 Å². The standard InChI is InChI=1S/C19H13F3N4O4/c1-11-8-16(27)17(18(28)23-13-5-3-7-15(10-13)26(29)30)24-25(11)14-6-2-4-12(9-14)19(20,21)22/h2-10H,1H3,(H,23,28). The van der Waals surface area contributed by atoms with Crippen LogP contribution < -0.4 is 10.7 Å². The normalized spacial score (nSPS) is 11.2. The quantitative estimate of drug-likeness (QED) is 0.513. The highest BCUT2D eigenvalue weighted by Crippen LogP contribution is 2.30. The van der Waals surface area contributed by atoms with Crippen molar-refractivity contribution in [2.24, 2.45) is 0 Å². The van der Waals surface area contributed by atoms with Crippen LogP contribution in [0.1, 0.15) is 21.7 Å². The predicted molar refractivity (Wildman–Crippen MR) is 101 cm³/mol. The molecule has 1 heterocycles. The Bertz CT molecular complexity index is 1200. The van der Waals surface area contributed by atoms with E-state index in [1.165, 1.54) is 37.3 Å². The van der Waals surface area contributed by atoms with Crippen LogP contribution in [0.3, 0.4) is 0 Å². The maximum atomic E-state index is 13.0. The number of rotatable bonds is 4. The summed E-state index contributed by atoms with van der Waals surface area (Å²) in [6.45, 7) is 1.46. The second kappa shape index (κ2) is 7.78. The molecule has 0 unspecified atom stereocenters. The fourth-order valence-corrected chi connectivity index (χ4v) is 2.67. The minimum Gasteiger partial charge on any atom is -0.320 e. The summed E-state index contributed by atoms with van der Waals surface area (Å²) >= 11 is 0. The van der Waals surface area contributed by atoms with Crippen LogP contribution in [0.5, 0.6) is 0 Å². The molecular weight excluding hydrogens is 405 g/mol. The van der Waals surface area contributed by atoms with Gasteiger partial charge in [-0.15, -0.1) is 0 Å². The van der Waals surface area contributed by atoms with Gasteiger partial charge in [0.2, 0.25) is 5.43 Å². The molecule has 0 fully saturated rings. The van der Waals surface area contributed by atoms with Gasteiger partial charge in [-0.2, -0.15) is 18.3 Å². The van der Waals surface area contributed by atoms with E-state index >= 15 is 0 Å². The Hall–Kier alpha value is -4.02. The highest BCUT2D eigenvalue weighted by molar-refractivity contribution is 6.02. The van der Waals surface area contributed by atoms with Crippen molar-refractivity contribution in [2.45, 2.75) is 13.1 Å². The van der Waals surface area contributed by atoms with E-state index in [4.69, 9.17) is 0 Å². The molecule has 0 saturated carbocycles. The van der Waals surface area contributed by atoms with Crippen LogP contribution in [0.25, 0.3) is 5.69 Å². The van der Waals surface area contributed by atoms with Gasteiger partial charge in [-0.1, -0.05) is 12.1 Å². The molecule has 2 aromatic carbocycles. The summed E-state index contributed by atoms with van der Waals surface area (Å²) in [7, 11) is 0. The zero-order valence-corrected chi connectivity index (χ0v) is 15.3. The molecule has 3 aromatic rings. The van der Waals surface area contributed by atoms with E-state index in [2.05, 4.69) is 10.4 Å². The van der Waals surface area contributed by atoms with Gasteiger partial charge in [0.05, 0.1) is 16.2 Å². The molecule has 11 heteroatoms. The summed E-state index contributed by atoms with van der Waals surface area (Å²) in [4.78, 5) is 34.9. The number of nitro benzene ring substituents is 1. The van der Waals surface area contributed by atoms with E-state index in [0.29, 0.717) is 0 Å². The van der Waals surface area contributed by atoms with Crippen LogP contribution in [-0.4, -0.2) is 20.6 Å². The second-order valence-electron chi connectivity index (χ2n) is 6.22. The molecule has 0 aliphatic rings. The van der Waals surface area contributed by atoms with E-state index in [-0.39, 0.29) is 22.8 Å². The third-order valence-electron chi connectivity index (χ3n) is 4.06. The SMILES string of the molecule is Cc1cc(=O)c(C(=O)Nc2cccc([N+](=O)[O-])c2)nn1-c1cccc(C(F)(F)F)c1. The lowest BCUT2D eigenvalue weighted by molar-refractivity contribution is -0.384. The van der Waals surface area contributed by atoms with Gasteiger partial charge >= 0.3 is 6.18 Å². The summed E-state index contributed by atoms with van der Waals surface area (Å²) < 4.78 is 40.0. The van der Waals surface area contributed by atoms with Gasteiger partial charge in [0.1, 0.15) is 0 Å². The number of hydrogen-bond donors (Lipinski definition) is 1. The van der Waals surface area contributed by atoms with E-state index in [1.54, 1.807) is 0 Å². The van der Waals surface area contributed by atoms with Gasteiger partial charge in [0.15, 0.2) is 5.69 Å². The Labute approximate surface area is 166 Å². The lowest BCUT2D eigenvalue weighted by atomic mass is 10.2. The fraction of sp³-hybridized carbons (Fsp3) is 0.105. The Morgan fingerprint density at radius 1 is 1.13 bits per heavy atom. The first-order valence-electron chi connectivity index (χ1n) is 8.40. The van der Waals surface area contributed by atoms with Crippen molar-refractivity contribution in [1.29, 1.82) is 0 Å². The fourth-order valence-electron chi connectivity index (χ4n) is 2.67. The molecule has 0 atom stereocenters. The second-order valence-corrected chi connectivity index (χ2v) is 6.22. The average Bonchev–Trinajstić information content (AvgIpc) is 2.67. The Morgan fingerprint density at radius 2 is 1.83 bits per heavy atom. The number of carbonyl (C=O) groups excluding carboxylic acids is 1. The number of amides is 1. The zero-order chi connectivity index (χ0) is 22.1. The first-order valence-corrected chi connectivity index (χ1v) is 8.40. The first-order chi connectivity index (χ1) is 14.1. The number of aromatic nitrogens is 2. The number of anilines is 1. The first kappa shape index (κ1) is 20.7. The highest BCUT2D eigenvalue weighted by Gasteiger charge is 2.30. The summed E-state index contributed by atoms with van der Waals surface area (Å²) in [6.07, 6.45) is -4.58. The molecule has 3 rings (SSSR count). The summed E-state index contributed by atoms with van der Waals surface area (Å²) in [5, 5.41) is 17.1.